The highest BCUT2D eigenvalue weighted by molar-refractivity contribution is 9.10. The van der Waals surface area contributed by atoms with Crippen LogP contribution in [-0.4, -0.2) is 43.0 Å². The van der Waals surface area contributed by atoms with Gasteiger partial charge in [-0.3, -0.25) is 14.9 Å². The van der Waals surface area contributed by atoms with Gasteiger partial charge in [-0.15, -0.1) is 0 Å². The number of nitro groups is 1. The van der Waals surface area contributed by atoms with Crippen molar-refractivity contribution in [3.8, 4) is 0 Å². The van der Waals surface area contributed by atoms with E-state index >= 15 is 0 Å². The van der Waals surface area contributed by atoms with Crippen molar-refractivity contribution in [2.45, 2.75) is 45.8 Å². The highest BCUT2D eigenvalue weighted by Crippen LogP contribution is 2.23. The van der Waals surface area contributed by atoms with Gasteiger partial charge in [0.05, 0.1) is 17.7 Å². The number of amides is 1. The predicted octanol–water partition coefficient (Wildman–Crippen LogP) is 7.73. The Bertz CT molecular complexity index is 1860. The Morgan fingerprint density at radius 1 is 1.06 bits per heavy atom. The van der Waals surface area contributed by atoms with Gasteiger partial charge in [0.1, 0.15) is 0 Å². The average Bonchev–Trinajstić information content (AvgIpc) is 3.49. The van der Waals surface area contributed by atoms with Crippen LogP contribution in [0.4, 0.5) is 11.4 Å². The summed E-state index contributed by atoms with van der Waals surface area (Å²) in [4.78, 5) is 30.6. The molecule has 1 heterocycles. The summed E-state index contributed by atoms with van der Waals surface area (Å²) in [5.41, 5.74) is 3.69. The molecule has 0 fully saturated rings. The van der Waals surface area contributed by atoms with Crippen LogP contribution in [0.5, 0.6) is 0 Å². The number of hydrogen-bond donors (Lipinski definition) is 2. The van der Waals surface area contributed by atoms with E-state index in [1.165, 1.54) is 12.1 Å². The van der Waals surface area contributed by atoms with Crippen LogP contribution in [0.3, 0.4) is 0 Å². The fourth-order valence-electron chi connectivity index (χ4n) is 5.49. The second kappa shape index (κ2) is 15.8. The summed E-state index contributed by atoms with van der Waals surface area (Å²) in [5.74, 6) is 0.0596. The zero-order chi connectivity index (χ0) is 33.3. The lowest BCUT2D eigenvalue weighted by molar-refractivity contribution is -0.384. The minimum Gasteiger partial charge on any atom is -0.351 e. The van der Waals surface area contributed by atoms with Gasteiger partial charge in [-0.25, -0.2) is 4.98 Å². The Morgan fingerprint density at radius 2 is 1.81 bits per heavy atom. The molecular weight excluding hydrogens is 676 g/mol. The van der Waals surface area contributed by atoms with E-state index in [2.05, 4.69) is 80.6 Å². The Kier molecular flexibility index (Phi) is 11.3. The van der Waals surface area contributed by atoms with Gasteiger partial charge in [-0.2, -0.15) is 0 Å². The third-order valence-electron chi connectivity index (χ3n) is 8.34. The average molecular weight is 714 g/mol. The third-order valence-corrected chi connectivity index (χ3v) is 9.19. The molecule has 5 aromatic rings. The van der Waals surface area contributed by atoms with Crippen LogP contribution in [0.2, 0.25) is 0 Å². The molecule has 47 heavy (non-hydrogen) atoms. The van der Waals surface area contributed by atoms with E-state index in [-0.39, 0.29) is 30.0 Å². The van der Waals surface area contributed by atoms with Crippen molar-refractivity contribution < 1.29 is 9.72 Å². The highest BCUT2D eigenvalue weighted by Gasteiger charge is 2.24. The van der Waals surface area contributed by atoms with Crippen LogP contribution >= 0.6 is 28.1 Å². The molecule has 5 rings (SSSR count). The number of fused-ring (bicyclic) bond motifs is 1. The van der Waals surface area contributed by atoms with Crippen molar-refractivity contribution in [1.29, 1.82) is 0 Å². The quantitative estimate of drug-likeness (QED) is 0.0731. The number of thiocarbonyl (C=S) groups is 1. The zero-order valence-corrected chi connectivity index (χ0v) is 28.7. The number of non-ortho nitro benzene ring substituents is 1. The van der Waals surface area contributed by atoms with E-state index in [0.29, 0.717) is 24.7 Å². The molecule has 0 bridgehead atoms. The molecule has 4 aromatic carbocycles. The number of carbonyl (C=O) groups excluding carboxylic acids is 1. The maximum absolute atomic E-state index is 13.6. The number of hydrogen-bond acceptors (Lipinski definition) is 5. The fraction of sp³-hybridized carbons (Fsp3) is 0.250. The lowest BCUT2D eigenvalue weighted by Gasteiger charge is -2.33. The third kappa shape index (κ3) is 9.02. The summed E-state index contributed by atoms with van der Waals surface area (Å²) in [6, 6.07) is 28.7. The van der Waals surface area contributed by atoms with Crippen molar-refractivity contribution in [3.05, 3.63) is 135 Å². The molecule has 2 atom stereocenters. The molecule has 0 aliphatic rings. The van der Waals surface area contributed by atoms with E-state index in [9.17, 15) is 14.9 Å². The summed E-state index contributed by atoms with van der Waals surface area (Å²) in [5, 5.41) is 20.6. The van der Waals surface area contributed by atoms with E-state index in [1.807, 2.05) is 41.0 Å². The molecule has 0 unspecified atom stereocenters. The molecule has 0 aliphatic carbocycles. The molecule has 11 heteroatoms. The van der Waals surface area contributed by atoms with E-state index < -0.39 is 4.92 Å². The van der Waals surface area contributed by atoms with Crippen molar-refractivity contribution in [1.82, 2.24) is 19.8 Å². The van der Waals surface area contributed by atoms with Crippen LogP contribution in [0.15, 0.2) is 108 Å². The van der Waals surface area contributed by atoms with Crippen LogP contribution in [-0.2, 0) is 24.3 Å². The molecule has 9 nitrogen and oxygen atoms in total. The molecule has 2 N–H and O–H groups in total. The van der Waals surface area contributed by atoms with Gasteiger partial charge in [-0.1, -0.05) is 96.9 Å². The number of nitro benzene ring substituents is 1. The van der Waals surface area contributed by atoms with E-state index in [1.54, 1.807) is 24.7 Å². The summed E-state index contributed by atoms with van der Waals surface area (Å²) in [6.07, 6.45) is 4.38. The number of anilines is 1. The topological polar surface area (TPSA) is 105 Å². The lowest BCUT2D eigenvalue weighted by atomic mass is 9.97. The minimum atomic E-state index is -0.420. The number of rotatable bonds is 13. The predicted molar refractivity (Wildman–Crippen MR) is 194 cm³/mol. The van der Waals surface area contributed by atoms with Crippen LogP contribution in [0.25, 0.3) is 10.8 Å². The smallest absolute Gasteiger partial charge is 0.269 e. The molecule has 0 saturated heterocycles. The zero-order valence-electron chi connectivity index (χ0n) is 26.3. The number of nitrogens with one attached hydrogen (secondary N) is 2. The Morgan fingerprint density at radius 3 is 2.55 bits per heavy atom. The maximum atomic E-state index is 13.6. The molecular formula is C36H37BrN6O3S. The van der Waals surface area contributed by atoms with Crippen molar-refractivity contribution >= 4 is 61.3 Å². The summed E-state index contributed by atoms with van der Waals surface area (Å²) in [7, 11) is 0. The van der Waals surface area contributed by atoms with E-state index in [4.69, 9.17) is 12.2 Å². The number of imidazole rings is 1. The van der Waals surface area contributed by atoms with E-state index in [0.717, 1.165) is 44.2 Å². The monoisotopic (exact) mass is 712 g/mol. The van der Waals surface area contributed by atoms with Crippen molar-refractivity contribution in [2.24, 2.45) is 5.92 Å². The van der Waals surface area contributed by atoms with Crippen LogP contribution in [0, 0.1) is 16.0 Å². The van der Waals surface area contributed by atoms with Crippen LogP contribution < -0.4 is 10.6 Å². The van der Waals surface area contributed by atoms with Gasteiger partial charge in [0.2, 0.25) is 5.91 Å². The van der Waals surface area contributed by atoms with Gasteiger partial charge in [-0.05, 0) is 58.2 Å². The lowest BCUT2D eigenvalue weighted by Crippen LogP contribution is -2.50. The van der Waals surface area contributed by atoms with Gasteiger partial charge in [0.15, 0.2) is 5.11 Å². The normalized spacial score (nSPS) is 12.3. The standard InChI is InChI=1S/C36H37BrN6O3S/c1-3-25(2)34(40-35(44)19-32-20-38-24-42(32)21-26-14-16-31(17-15-26)43(45)46)23-41(36(47)39-30-12-7-11-29(37)18-30)22-28-10-6-9-27-8-4-5-13-33(27)28/h4-18,20,24-25,34H,3,19,21-23H2,1-2H3,(H,39,47)(H,40,44)/t25-,34+/m0/s1. The molecule has 242 valence electrons. The molecule has 0 spiro atoms. The first-order valence-corrected chi connectivity index (χ1v) is 16.7. The van der Waals surface area contributed by atoms with Gasteiger partial charge in [0.25, 0.3) is 5.69 Å². The van der Waals surface area contributed by atoms with Crippen molar-refractivity contribution in [2.75, 3.05) is 11.9 Å². The van der Waals surface area contributed by atoms with Crippen LogP contribution in [0.1, 0.15) is 37.1 Å². The molecule has 1 amide bonds. The fourth-order valence-corrected chi connectivity index (χ4v) is 6.15. The van der Waals surface area contributed by atoms with Crippen molar-refractivity contribution in [3.63, 3.8) is 0 Å². The first-order chi connectivity index (χ1) is 22.7. The number of benzene rings is 4. The molecule has 0 radical (unpaired) electrons. The highest BCUT2D eigenvalue weighted by atomic mass is 79.9. The summed E-state index contributed by atoms with van der Waals surface area (Å²) in [6.45, 7) is 5.78. The Balaban J connectivity index is 1.34. The summed E-state index contributed by atoms with van der Waals surface area (Å²) < 4.78 is 2.84. The first-order valence-electron chi connectivity index (χ1n) is 15.5. The Labute approximate surface area is 288 Å². The Hall–Kier alpha value is -4.61. The number of nitrogens with zero attached hydrogens (tertiary/aromatic N) is 4. The second-order valence-electron chi connectivity index (χ2n) is 11.6. The van der Waals surface area contributed by atoms with Gasteiger partial charge < -0.3 is 20.1 Å². The minimum absolute atomic E-state index is 0.0379. The molecule has 1 aromatic heterocycles. The first kappa shape index (κ1) is 33.7. The number of carbonyl (C=O) groups is 1. The number of halogens is 1. The van der Waals surface area contributed by atoms with Gasteiger partial charge >= 0.3 is 0 Å². The maximum Gasteiger partial charge on any atom is 0.269 e. The molecule has 0 aliphatic heterocycles. The summed E-state index contributed by atoms with van der Waals surface area (Å²) >= 11 is 9.56. The second-order valence-corrected chi connectivity index (χ2v) is 12.9. The SMILES string of the molecule is CC[C@H](C)[C@@H](CN(Cc1cccc2ccccc12)C(=S)Nc1cccc(Br)c1)NC(=O)Cc1cncn1Cc1ccc([N+](=O)[O-])cc1. The number of aromatic nitrogens is 2. The molecule has 0 saturated carbocycles. The largest absolute Gasteiger partial charge is 0.351 e. The van der Waals surface area contributed by atoms with Gasteiger partial charge in [0, 0.05) is 59.9 Å².